The molecule has 22 heteroatoms. The Morgan fingerprint density at radius 3 is 1.39 bits per heavy atom. The monoisotopic (exact) mass is 1010 g/mol. The number of halogens is 2. The van der Waals surface area contributed by atoms with E-state index in [0.29, 0.717) is 77.8 Å². The third-order valence-electron chi connectivity index (χ3n) is 12.5. The number of furan rings is 2. The predicted molar refractivity (Wildman–Crippen MR) is 262 cm³/mol. The second kappa shape index (κ2) is 22.7. The number of anilines is 4. The summed E-state index contributed by atoms with van der Waals surface area (Å²) in [5, 5.41) is 21.8. The molecule has 5 N–H and O–H groups in total. The summed E-state index contributed by atoms with van der Waals surface area (Å²) in [7, 11) is 4.71. The Kier molecular flexibility index (Phi) is 16.3. The molecule has 4 aromatic heterocycles. The van der Waals surface area contributed by atoms with E-state index >= 15 is 0 Å². The van der Waals surface area contributed by atoms with E-state index < -0.39 is 23.8 Å². The van der Waals surface area contributed by atoms with E-state index in [4.69, 9.17) is 36.8 Å². The van der Waals surface area contributed by atoms with Gasteiger partial charge < -0.3 is 49.7 Å². The number of hydrogen-bond donors (Lipinski definition) is 5. The van der Waals surface area contributed by atoms with Crippen molar-refractivity contribution in [1.82, 2.24) is 19.8 Å². The Bertz CT molecular complexity index is 2980. The minimum Gasteiger partial charge on any atom is -0.478 e. The Hall–Kier alpha value is -7.84. The van der Waals surface area contributed by atoms with E-state index in [1.165, 1.54) is 68.0 Å². The van der Waals surface area contributed by atoms with Crippen LogP contribution in [0, 0.1) is 11.8 Å². The van der Waals surface area contributed by atoms with Crippen LogP contribution in [-0.2, 0) is 23.9 Å². The fourth-order valence-corrected chi connectivity index (χ4v) is 8.72. The molecule has 71 heavy (non-hydrogen) atoms. The van der Waals surface area contributed by atoms with Gasteiger partial charge in [0.25, 0.3) is 11.8 Å². The highest BCUT2D eigenvalue weighted by Crippen LogP contribution is 2.37. The summed E-state index contributed by atoms with van der Waals surface area (Å²) in [4.78, 5) is 109. The predicted octanol–water partition coefficient (Wildman–Crippen LogP) is 8.12. The van der Waals surface area contributed by atoms with Crippen LogP contribution in [0.1, 0.15) is 93.2 Å². The minimum atomic E-state index is -1.15. The molecule has 6 amide bonds. The number of methoxy groups -OCH3 is 1. The van der Waals surface area contributed by atoms with Gasteiger partial charge in [-0.3, -0.25) is 28.8 Å². The fraction of sp³-hybridized carbons (Fsp3) is 0.306. The fourth-order valence-electron chi connectivity index (χ4n) is 8.50. The number of hydrogen-bond acceptors (Lipinski definition) is 13. The maximum atomic E-state index is 13.2. The smallest absolute Gasteiger partial charge is 0.337 e. The van der Waals surface area contributed by atoms with Crippen molar-refractivity contribution in [1.29, 1.82) is 0 Å². The zero-order valence-electron chi connectivity index (χ0n) is 38.5. The van der Waals surface area contributed by atoms with Gasteiger partial charge in [0.1, 0.15) is 34.2 Å². The SMILES string of the molecule is CN(C=O)C1CCC(C(=O)Nc2c(C(=O)Nc3ccc(Cl)cn3)oc3ccc(C(=O)O)cc23)CC1.COC(=O)c1ccc2oc(C(=O)Nc3ccc(Cl)cn3)c(NC(=O)C3CCC(N(C)C=O)CC3)c2c1. The molecule has 2 aromatic carbocycles. The number of fused-ring (bicyclic) bond motifs is 2. The van der Waals surface area contributed by atoms with Crippen LogP contribution in [0.5, 0.6) is 0 Å². The van der Waals surface area contributed by atoms with Crippen molar-refractivity contribution in [2.75, 3.05) is 42.5 Å². The van der Waals surface area contributed by atoms with Gasteiger partial charge in [-0.2, -0.15) is 0 Å². The van der Waals surface area contributed by atoms with Gasteiger partial charge in [0, 0.05) is 61.2 Å². The Labute approximate surface area is 415 Å². The highest BCUT2D eigenvalue weighted by atomic mass is 35.5. The van der Waals surface area contributed by atoms with Crippen LogP contribution in [-0.4, -0.2) is 107 Å². The van der Waals surface area contributed by atoms with Gasteiger partial charge in [-0.05, 0) is 112 Å². The second-order valence-electron chi connectivity index (χ2n) is 17.0. The average Bonchev–Trinajstić information content (AvgIpc) is 3.94. The minimum absolute atomic E-state index is 0.0162. The number of carboxylic acids is 1. The molecule has 0 aliphatic heterocycles. The van der Waals surface area contributed by atoms with Crippen LogP contribution >= 0.6 is 23.2 Å². The number of carbonyl (C=O) groups excluding carboxylic acids is 7. The van der Waals surface area contributed by atoms with Crippen LogP contribution in [0.4, 0.5) is 23.0 Å². The molecule has 2 aliphatic carbocycles. The number of pyridine rings is 2. The molecule has 0 radical (unpaired) electrons. The van der Waals surface area contributed by atoms with Gasteiger partial charge in [0.2, 0.25) is 36.2 Å². The van der Waals surface area contributed by atoms with Gasteiger partial charge in [-0.1, -0.05) is 23.2 Å². The summed E-state index contributed by atoms with van der Waals surface area (Å²) >= 11 is 11.7. The molecule has 20 nitrogen and oxygen atoms in total. The van der Waals surface area contributed by atoms with Crippen molar-refractivity contribution in [3.8, 4) is 0 Å². The zero-order valence-corrected chi connectivity index (χ0v) is 40.0. The number of aromatic nitrogens is 2. The lowest BCUT2D eigenvalue weighted by atomic mass is 9.85. The Balaban J connectivity index is 0.000000209. The summed E-state index contributed by atoms with van der Waals surface area (Å²) in [5.74, 6) is -4.07. The summed E-state index contributed by atoms with van der Waals surface area (Å²) < 4.78 is 16.3. The van der Waals surface area contributed by atoms with Gasteiger partial charge >= 0.3 is 11.9 Å². The Morgan fingerprint density at radius 2 is 1.03 bits per heavy atom. The molecule has 0 spiro atoms. The van der Waals surface area contributed by atoms with Crippen LogP contribution in [0.2, 0.25) is 10.0 Å². The number of esters is 1. The summed E-state index contributed by atoms with van der Waals surface area (Å²) in [6.45, 7) is 0. The average molecular weight is 1010 g/mol. The highest BCUT2D eigenvalue weighted by molar-refractivity contribution is 6.30. The molecular weight excluding hydrogens is 963 g/mol. The van der Waals surface area contributed by atoms with Crippen molar-refractivity contribution >= 4 is 117 Å². The number of nitrogens with zero attached hydrogens (tertiary/aromatic N) is 4. The third kappa shape index (κ3) is 12.1. The number of aromatic carboxylic acids is 1. The molecule has 0 atom stereocenters. The van der Waals surface area contributed by atoms with E-state index in [0.717, 1.165) is 12.8 Å². The number of carboxylic acid groups (broad SMARTS) is 1. The normalized spacial score (nSPS) is 17.4. The first-order valence-electron chi connectivity index (χ1n) is 22.3. The number of carbonyl (C=O) groups is 8. The maximum Gasteiger partial charge on any atom is 0.337 e. The third-order valence-corrected chi connectivity index (χ3v) is 13.0. The zero-order chi connectivity index (χ0) is 50.9. The van der Waals surface area contributed by atoms with Crippen molar-refractivity contribution < 1.29 is 57.0 Å². The Morgan fingerprint density at radius 1 is 0.620 bits per heavy atom. The molecule has 2 fully saturated rings. The number of amides is 6. The topological polar surface area (TPSA) is 273 Å². The lowest BCUT2D eigenvalue weighted by Gasteiger charge is -2.32. The van der Waals surface area contributed by atoms with Gasteiger partial charge in [0.15, 0.2) is 0 Å². The first-order chi connectivity index (χ1) is 34.1. The van der Waals surface area contributed by atoms with Crippen molar-refractivity contribution in [3.05, 3.63) is 106 Å². The van der Waals surface area contributed by atoms with Crippen LogP contribution < -0.4 is 21.3 Å². The lowest BCUT2D eigenvalue weighted by molar-refractivity contribution is -0.123. The van der Waals surface area contributed by atoms with Gasteiger partial charge in [-0.25, -0.2) is 19.6 Å². The quantitative estimate of drug-likeness (QED) is 0.0509. The first-order valence-corrected chi connectivity index (χ1v) is 23.1. The van der Waals surface area contributed by atoms with E-state index in [-0.39, 0.29) is 87.0 Å². The molecule has 4 heterocycles. The highest BCUT2D eigenvalue weighted by Gasteiger charge is 2.33. The van der Waals surface area contributed by atoms with E-state index in [2.05, 4.69) is 31.2 Å². The van der Waals surface area contributed by atoms with E-state index in [1.54, 1.807) is 36.0 Å². The summed E-state index contributed by atoms with van der Waals surface area (Å²) in [6, 6.07) is 15.1. The number of ether oxygens (including phenoxy) is 1. The van der Waals surface area contributed by atoms with Gasteiger partial charge in [-0.15, -0.1) is 0 Å². The number of benzene rings is 2. The molecule has 8 rings (SSSR count). The number of rotatable bonds is 14. The van der Waals surface area contributed by atoms with Gasteiger partial charge in [0.05, 0.1) is 28.3 Å². The molecule has 2 aliphatic rings. The van der Waals surface area contributed by atoms with Crippen molar-refractivity contribution in [3.63, 3.8) is 0 Å². The largest absolute Gasteiger partial charge is 0.478 e. The molecule has 370 valence electrons. The molecule has 2 saturated carbocycles. The molecule has 0 saturated heterocycles. The first kappa shape index (κ1) is 51.0. The van der Waals surface area contributed by atoms with E-state index in [9.17, 15) is 43.5 Å². The van der Waals surface area contributed by atoms with Crippen LogP contribution in [0.25, 0.3) is 21.9 Å². The van der Waals surface area contributed by atoms with Crippen molar-refractivity contribution in [2.24, 2.45) is 11.8 Å². The maximum absolute atomic E-state index is 13.2. The standard InChI is InChI=1S/C25H25ClN4O6.C24H23ClN4O6/c1-30(13-31)17-7-3-14(4-8-17)23(32)29-21-18-11-15(25(34)35-2)5-9-19(18)36-22(21)24(33)28-20-10-6-16(26)12-27-20;1-29(12-30)16-6-2-13(3-7-16)22(31)28-20-17-10-14(24(33)34)4-8-18(17)35-21(20)23(32)27-19-9-5-15(25)11-26-19/h5-6,9-14,17H,3-4,7-8H2,1-2H3,(H,29,32)(H,27,28,33);4-5,8-13,16H,2-3,6-7H2,1H3,(H,28,31)(H,33,34)(H,26,27,32). The molecule has 6 aromatic rings. The summed E-state index contributed by atoms with van der Waals surface area (Å²) in [5.41, 5.74) is 1.02. The van der Waals surface area contributed by atoms with Crippen molar-refractivity contribution in [2.45, 2.75) is 63.5 Å². The molecule has 0 bridgehead atoms. The summed E-state index contributed by atoms with van der Waals surface area (Å²) in [6.07, 6.45) is 9.41. The van der Waals surface area contributed by atoms with Crippen LogP contribution in [0.15, 0.2) is 81.9 Å². The lowest BCUT2D eigenvalue weighted by Crippen LogP contribution is -2.37. The molecular formula is C49H48Cl2N8O12. The number of nitrogens with one attached hydrogen (secondary N) is 4. The van der Waals surface area contributed by atoms with E-state index in [1.807, 2.05) is 0 Å². The molecule has 0 unspecified atom stereocenters. The van der Waals surface area contributed by atoms with Crippen LogP contribution in [0.3, 0.4) is 0 Å². The second-order valence-corrected chi connectivity index (χ2v) is 17.9.